The number of amides is 1. The van der Waals surface area contributed by atoms with E-state index in [1.807, 2.05) is 0 Å². The van der Waals surface area contributed by atoms with Crippen molar-refractivity contribution in [1.29, 1.82) is 0 Å². The Bertz CT molecular complexity index is 590. The van der Waals surface area contributed by atoms with Gasteiger partial charge in [0.1, 0.15) is 0 Å². The fraction of sp³-hybridized carbons (Fsp3) is 0. The lowest BCUT2D eigenvalue weighted by Gasteiger charge is -2.05. The summed E-state index contributed by atoms with van der Waals surface area (Å²) < 4.78 is 14.8. The molecule has 1 heterocycles. The first-order valence-electron chi connectivity index (χ1n) is 5.04. The van der Waals surface area contributed by atoms with Crippen molar-refractivity contribution in [3.8, 4) is 5.69 Å². The second-order valence-corrected chi connectivity index (χ2v) is 4.31. The van der Waals surface area contributed by atoms with Crippen LogP contribution in [-0.4, -0.2) is 15.7 Å². The van der Waals surface area contributed by atoms with Gasteiger partial charge in [-0.1, -0.05) is 12.6 Å². The van der Waals surface area contributed by atoms with Crippen molar-refractivity contribution in [2.24, 2.45) is 0 Å². The Kier molecular flexibility index (Phi) is 3.57. The number of benzene rings is 1. The van der Waals surface area contributed by atoms with Crippen LogP contribution < -0.4 is 5.32 Å². The SMILES string of the molecule is C=CC(=O)Nc1cccc(-n2cc(Br)c(F)n2)c1. The molecule has 0 aliphatic rings. The summed E-state index contributed by atoms with van der Waals surface area (Å²) in [4.78, 5) is 11.2. The van der Waals surface area contributed by atoms with E-state index in [0.29, 0.717) is 11.4 Å². The van der Waals surface area contributed by atoms with Crippen LogP contribution in [0.4, 0.5) is 10.1 Å². The molecule has 2 aromatic rings. The maximum Gasteiger partial charge on any atom is 0.247 e. The van der Waals surface area contributed by atoms with Crippen LogP contribution in [0, 0.1) is 5.95 Å². The van der Waals surface area contributed by atoms with Crippen molar-refractivity contribution >= 4 is 27.5 Å². The predicted octanol–water partition coefficient (Wildman–Crippen LogP) is 2.90. The fourth-order valence-corrected chi connectivity index (χ4v) is 1.66. The summed E-state index contributed by atoms with van der Waals surface area (Å²) in [6, 6.07) is 6.89. The van der Waals surface area contributed by atoms with Gasteiger partial charge >= 0.3 is 0 Å². The van der Waals surface area contributed by atoms with E-state index in [-0.39, 0.29) is 10.4 Å². The summed E-state index contributed by atoms with van der Waals surface area (Å²) in [5.74, 6) is -0.893. The molecule has 92 valence electrons. The molecular formula is C12H9BrFN3O. The number of aromatic nitrogens is 2. The van der Waals surface area contributed by atoms with Gasteiger partial charge in [-0.05, 0) is 40.2 Å². The van der Waals surface area contributed by atoms with E-state index >= 15 is 0 Å². The Hall–Kier alpha value is -1.95. The number of halogens is 2. The maximum absolute atomic E-state index is 13.1. The average Bonchev–Trinajstić information content (AvgIpc) is 2.70. The Morgan fingerprint density at radius 3 is 2.94 bits per heavy atom. The zero-order chi connectivity index (χ0) is 13.1. The van der Waals surface area contributed by atoms with Crippen LogP contribution in [0.3, 0.4) is 0 Å². The largest absolute Gasteiger partial charge is 0.322 e. The lowest BCUT2D eigenvalue weighted by Crippen LogP contribution is -2.07. The van der Waals surface area contributed by atoms with Crippen molar-refractivity contribution in [2.75, 3.05) is 5.32 Å². The van der Waals surface area contributed by atoms with Crippen LogP contribution in [0.5, 0.6) is 0 Å². The van der Waals surface area contributed by atoms with E-state index in [9.17, 15) is 9.18 Å². The smallest absolute Gasteiger partial charge is 0.247 e. The highest BCUT2D eigenvalue weighted by Gasteiger charge is 2.07. The van der Waals surface area contributed by atoms with Crippen LogP contribution in [0.2, 0.25) is 0 Å². The quantitative estimate of drug-likeness (QED) is 0.886. The molecule has 0 spiro atoms. The second-order valence-electron chi connectivity index (χ2n) is 3.46. The minimum atomic E-state index is -0.587. The second kappa shape index (κ2) is 5.14. The van der Waals surface area contributed by atoms with Crippen LogP contribution >= 0.6 is 15.9 Å². The molecule has 0 bridgehead atoms. The number of carbonyl (C=O) groups excluding carboxylic acids is 1. The molecule has 6 heteroatoms. The molecule has 0 fully saturated rings. The number of carbonyl (C=O) groups is 1. The first kappa shape index (κ1) is 12.5. The molecule has 4 nitrogen and oxygen atoms in total. The van der Waals surface area contributed by atoms with E-state index in [1.165, 1.54) is 17.0 Å². The van der Waals surface area contributed by atoms with Gasteiger partial charge in [0.2, 0.25) is 11.9 Å². The molecule has 1 aromatic heterocycles. The van der Waals surface area contributed by atoms with Crippen LogP contribution in [0.25, 0.3) is 5.69 Å². The summed E-state index contributed by atoms with van der Waals surface area (Å²) in [6.45, 7) is 3.37. The number of rotatable bonds is 3. The number of anilines is 1. The van der Waals surface area contributed by atoms with Crippen molar-refractivity contribution < 1.29 is 9.18 Å². The molecule has 0 saturated carbocycles. The highest BCUT2D eigenvalue weighted by Crippen LogP contribution is 2.18. The van der Waals surface area contributed by atoms with Gasteiger partial charge in [0.25, 0.3) is 0 Å². The number of nitrogens with zero attached hydrogens (tertiary/aromatic N) is 2. The monoisotopic (exact) mass is 309 g/mol. The first-order chi connectivity index (χ1) is 8.60. The van der Waals surface area contributed by atoms with Gasteiger partial charge in [-0.3, -0.25) is 4.79 Å². The number of hydrogen-bond acceptors (Lipinski definition) is 2. The van der Waals surface area contributed by atoms with Crippen molar-refractivity contribution in [2.45, 2.75) is 0 Å². The maximum atomic E-state index is 13.1. The normalized spacial score (nSPS) is 10.1. The standard InChI is InChI=1S/C12H9BrFN3O/c1-2-11(18)15-8-4-3-5-9(6-8)17-7-10(13)12(14)16-17/h2-7H,1H2,(H,15,18). The van der Waals surface area contributed by atoms with Gasteiger partial charge in [0, 0.05) is 11.9 Å². The molecule has 0 unspecified atom stereocenters. The van der Waals surface area contributed by atoms with Crippen molar-refractivity contribution in [3.63, 3.8) is 0 Å². The molecule has 0 atom stereocenters. The van der Waals surface area contributed by atoms with Gasteiger partial charge in [-0.15, -0.1) is 5.10 Å². The number of nitrogens with one attached hydrogen (secondary N) is 1. The molecule has 2 rings (SSSR count). The van der Waals surface area contributed by atoms with Gasteiger partial charge < -0.3 is 5.32 Å². The highest BCUT2D eigenvalue weighted by atomic mass is 79.9. The molecule has 0 aliphatic heterocycles. The third-order valence-electron chi connectivity index (χ3n) is 2.19. The highest BCUT2D eigenvalue weighted by molar-refractivity contribution is 9.10. The molecular weight excluding hydrogens is 301 g/mol. The van der Waals surface area contributed by atoms with Gasteiger partial charge in [-0.2, -0.15) is 4.39 Å². The first-order valence-corrected chi connectivity index (χ1v) is 5.84. The fourth-order valence-electron chi connectivity index (χ4n) is 1.38. The molecule has 1 N–H and O–H groups in total. The molecule has 1 aromatic carbocycles. The van der Waals surface area contributed by atoms with Crippen LogP contribution in [-0.2, 0) is 4.79 Å². The van der Waals surface area contributed by atoms with Crippen molar-refractivity contribution in [3.05, 3.63) is 53.5 Å². The predicted molar refractivity (Wildman–Crippen MR) is 70.0 cm³/mol. The van der Waals surface area contributed by atoms with E-state index in [4.69, 9.17) is 0 Å². The number of hydrogen-bond donors (Lipinski definition) is 1. The van der Waals surface area contributed by atoms with E-state index in [1.54, 1.807) is 24.3 Å². The van der Waals surface area contributed by atoms with Gasteiger partial charge in [0.15, 0.2) is 0 Å². The van der Waals surface area contributed by atoms with E-state index < -0.39 is 5.95 Å². The Balaban J connectivity index is 2.32. The Morgan fingerprint density at radius 2 is 2.33 bits per heavy atom. The molecule has 18 heavy (non-hydrogen) atoms. The third-order valence-corrected chi connectivity index (χ3v) is 2.72. The Labute approximate surface area is 111 Å². The zero-order valence-corrected chi connectivity index (χ0v) is 10.8. The summed E-state index contributed by atoms with van der Waals surface area (Å²) in [5, 5.41) is 6.31. The molecule has 0 radical (unpaired) electrons. The summed E-state index contributed by atoms with van der Waals surface area (Å²) >= 11 is 3.04. The summed E-state index contributed by atoms with van der Waals surface area (Å²) in [7, 11) is 0. The molecule has 1 amide bonds. The Morgan fingerprint density at radius 1 is 1.56 bits per heavy atom. The zero-order valence-electron chi connectivity index (χ0n) is 9.23. The minimum Gasteiger partial charge on any atom is -0.322 e. The summed E-state index contributed by atoms with van der Waals surface area (Å²) in [6.07, 6.45) is 2.68. The molecule has 0 saturated heterocycles. The minimum absolute atomic E-state index is 0.281. The van der Waals surface area contributed by atoms with Gasteiger partial charge in [-0.25, -0.2) is 4.68 Å². The van der Waals surface area contributed by atoms with Crippen LogP contribution in [0.15, 0.2) is 47.6 Å². The average molecular weight is 310 g/mol. The van der Waals surface area contributed by atoms with Crippen LogP contribution in [0.1, 0.15) is 0 Å². The topological polar surface area (TPSA) is 46.9 Å². The van der Waals surface area contributed by atoms with Crippen molar-refractivity contribution in [1.82, 2.24) is 9.78 Å². The summed E-state index contributed by atoms with van der Waals surface area (Å²) in [5.41, 5.74) is 1.23. The third kappa shape index (κ3) is 2.65. The van der Waals surface area contributed by atoms with E-state index in [2.05, 4.69) is 32.9 Å². The van der Waals surface area contributed by atoms with E-state index in [0.717, 1.165) is 0 Å². The molecule has 0 aliphatic carbocycles. The lowest BCUT2D eigenvalue weighted by atomic mass is 10.2. The lowest BCUT2D eigenvalue weighted by molar-refractivity contribution is -0.111. The van der Waals surface area contributed by atoms with Gasteiger partial charge in [0.05, 0.1) is 10.2 Å².